The number of rotatable bonds is 13. The zero-order valence-corrected chi connectivity index (χ0v) is 21.3. The van der Waals surface area contributed by atoms with Gasteiger partial charge in [-0.3, -0.25) is 0 Å². The Labute approximate surface area is 210 Å². The molecule has 0 N–H and O–H groups in total. The van der Waals surface area contributed by atoms with E-state index >= 15 is 0 Å². The van der Waals surface area contributed by atoms with Crippen molar-refractivity contribution in [3.05, 3.63) is 78.6 Å². The van der Waals surface area contributed by atoms with Crippen molar-refractivity contribution in [2.24, 2.45) is 0 Å². The minimum Gasteiger partial charge on any atom is -0.490 e. The van der Waals surface area contributed by atoms with E-state index in [2.05, 4.69) is 84.5 Å². The van der Waals surface area contributed by atoms with Crippen LogP contribution in [0.15, 0.2) is 73.1 Å². The van der Waals surface area contributed by atoms with Gasteiger partial charge in [0.25, 0.3) is 0 Å². The standard InChI is InChI=1S/C32H38N2O/c1-3-5-7-9-11-25-12-13-30-22-29(19-18-28(30)21-25)26-14-16-27(17-15-26)32-33-23-31(24-34-32)35-20-10-8-6-4-2/h12-19,21-24H,3-11,20H2,1-2H3. The highest BCUT2D eigenvalue weighted by Gasteiger charge is 2.05. The quantitative estimate of drug-likeness (QED) is 0.184. The van der Waals surface area contributed by atoms with Crippen LogP contribution in [-0.4, -0.2) is 16.6 Å². The molecule has 0 aliphatic heterocycles. The maximum Gasteiger partial charge on any atom is 0.159 e. The van der Waals surface area contributed by atoms with E-state index in [9.17, 15) is 0 Å². The van der Waals surface area contributed by atoms with E-state index in [4.69, 9.17) is 4.74 Å². The number of aryl methyl sites for hydroxylation is 1. The molecule has 0 aliphatic carbocycles. The highest BCUT2D eigenvalue weighted by molar-refractivity contribution is 5.88. The van der Waals surface area contributed by atoms with Gasteiger partial charge in [-0.25, -0.2) is 9.97 Å². The maximum absolute atomic E-state index is 5.77. The van der Waals surface area contributed by atoms with Gasteiger partial charge < -0.3 is 4.74 Å². The molecule has 3 aromatic carbocycles. The number of hydrogen-bond acceptors (Lipinski definition) is 3. The van der Waals surface area contributed by atoms with Crippen LogP contribution >= 0.6 is 0 Å². The van der Waals surface area contributed by atoms with Crippen LogP contribution in [-0.2, 0) is 6.42 Å². The third kappa shape index (κ3) is 7.14. The van der Waals surface area contributed by atoms with Crippen LogP contribution in [0.5, 0.6) is 5.75 Å². The van der Waals surface area contributed by atoms with Gasteiger partial charge in [0.2, 0.25) is 0 Å². The van der Waals surface area contributed by atoms with Crippen LogP contribution in [0, 0.1) is 0 Å². The van der Waals surface area contributed by atoms with Crippen molar-refractivity contribution in [3.63, 3.8) is 0 Å². The molecule has 0 saturated heterocycles. The molecule has 182 valence electrons. The minimum atomic E-state index is 0.722. The van der Waals surface area contributed by atoms with Gasteiger partial charge in [-0.15, -0.1) is 0 Å². The lowest BCUT2D eigenvalue weighted by Gasteiger charge is -2.08. The Morgan fingerprint density at radius 1 is 0.600 bits per heavy atom. The highest BCUT2D eigenvalue weighted by atomic mass is 16.5. The molecule has 0 amide bonds. The summed E-state index contributed by atoms with van der Waals surface area (Å²) in [5.41, 5.74) is 4.88. The van der Waals surface area contributed by atoms with Gasteiger partial charge in [-0.1, -0.05) is 107 Å². The first-order valence-corrected chi connectivity index (χ1v) is 13.3. The average Bonchev–Trinajstić information content (AvgIpc) is 2.91. The second kappa shape index (κ2) is 13.0. The van der Waals surface area contributed by atoms with Crippen LogP contribution in [0.2, 0.25) is 0 Å². The minimum absolute atomic E-state index is 0.722. The van der Waals surface area contributed by atoms with Crippen molar-refractivity contribution in [2.75, 3.05) is 6.61 Å². The number of nitrogens with zero attached hydrogens (tertiary/aromatic N) is 2. The molecule has 0 atom stereocenters. The Kier molecular flexibility index (Phi) is 9.28. The third-order valence-corrected chi connectivity index (χ3v) is 6.59. The van der Waals surface area contributed by atoms with Crippen molar-refractivity contribution in [1.29, 1.82) is 0 Å². The van der Waals surface area contributed by atoms with Crippen LogP contribution in [0.4, 0.5) is 0 Å². The Bertz CT molecular complexity index is 1180. The first-order chi connectivity index (χ1) is 17.3. The number of hydrogen-bond donors (Lipinski definition) is 0. The molecule has 3 nitrogen and oxygen atoms in total. The van der Waals surface area contributed by atoms with E-state index in [0.29, 0.717) is 0 Å². The van der Waals surface area contributed by atoms with Gasteiger partial charge in [-0.2, -0.15) is 0 Å². The van der Waals surface area contributed by atoms with Gasteiger partial charge in [0.1, 0.15) is 0 Å². The summed E-state index contributed by atoms with van der Waals surface area (Å²) in [5, 5.41) is 2.61. The second-order valence-corrected chi connectivity index (χ2v) is 9.44. The summed E-state index contributed by atoms with van der Waals surface area (Å²) >= 11 is 0. The molecule has 0 radical (unpaired) electrons. The van der Waals surface area contributed by atoms with E-state index in [1.54, 1.807) is 12.4 Å². The molecule has 1 aromatic heterocycles. The fourth-order valence-electron chi connectivity index (χ4n) is 4.46. The monoisotopic (exact) mass is 466 g/mol. The van der Waals surface area contributed by atoms with E-state index in [0.717, 1.165) is 30.2 Å². The Hall–Kier alpha value is -3.20. The Morgan fingerprint density at radius 3 is 1.97 bits per heavy atom. The fourth-order valence-corrected chi connectivity index (χ4v) is 4.46. The van der Waals surface area contributed by atoms with E-state index in [-0.39, 0.29) is 0 Å². The zero-order chi connectivity index (χ0) is 24.3. The zero-order valence-electron chi connectivity index (χ0n) is 21.3. The molecular formula is C32H38N2O. The predicted octanol–water partition coefficient (Wildman–Crippen LogP) is 9.05. The SMILES string of the molecule is CCCCCCOc1cnc(-c2ccc(-c3ccc4cc(CCCCCC)ccc4c3)cc2)nc1. The topological polar surface area (TPSA) is 35.0 Å². The molecule has 35 heavy (non-hydrogen) atoms. The lowest BCUT2D eigenvalue weighted by atomic mass is 9.98. The number of ether oxygens (including phenoxy) is 1. The second-order valence-electron chi connectivity index (χ2n) is 9.44. The molecule has 0 saturated carbocycles. The maximum atomic E-state index is 5.77. The first-order valence-electron chi connectivity index (χ1n) is 13.3. The largest absolute Gasteiger partial charge is 0.490 e. The van der Waals surface area contributed by atoms with Crippen molar-refractivity contribution in [2.45, 2.75) is 71.6 Å². The van der Waals surface area contributed by atoms with Gasteiger partial charge >= 0.3 is 0 Å². The van der Waals surface area contributed by atoms with Crippen molar-refractivity contribution < 1.29 is 4.74 Å². The summed E-state index contributed by atoms with van der Waals surface area (Å²) in [4.78, 5) is 9.02. The molecule has 3 heteroatoms. The fraction of sp³-hybridized carbons (Fsp3) is 0.375. The Balaban J connectivity index is 1.38. The van der Waals surface area contributed by atoms with Crippen molar-refractivity contribution in [3.8, 4) is 28.3 Å². The van der Waals surface area contributed by atoms with Gasteiger partial charge in [-0.05, 0) is 52.8 Å². The van der Waals surface area contributed by atoms with Gasteiger partial charge in [0.15, 0.2) is 11.6 Å². The smallest absolute Gasteiger partial charge is 0.159 e. The molecule has 4 aromatic rings. The lowest BCUT2D eigenvalue weighted by molar-refractivity contribution is 0.303. The first kappa shape index (κ1) is 24.9. The molecular weight excluding hydrogens is 428 g/mol. The van der Waals surface area contributed by atoms with E-state index < -0.39 is 0 Å². The third-order valence-electron chi connectivity index (χ3n) is 6.59. The lowest BCUT2D eigenvalue weighted by Crippen LogP contribution is -1.99. The Morgan fingerprint density at radius 2 is 1.23 bits per heavy atom. The molecule has 4 rings (SSSR count). The summed E-state index contributed by atoms with van der Waals surface area (Å²) in [6.07, 6.45) is 14.7. The average molecular weight is 467 g/mol. The number of benzene rings is 3. The van der Waals surface area contributed by atoms with Crippen molar-refractivity contribution in [1.82, 2.24) is 9.97 Å². The molecule has 0 unspecified atom stereocenters. The molecule has 0 aliphatic rings. The van der Waals surface area contributed by atoms with Crippen LogP contribution in [0.25, 0.3) is 33.3 Å². The molecule has 1 heterocycles. The summed E-state index contributed by atoms with van der Waals surface area (Å²) in [6, 6.07) is 22.2. The molecule has 0 spiro atoms. The summed E-state index contributed by atoms with van der Waals surface area (Å²) in [5.74, 6) is 1.46. The number of unbranched alkanes of at least 4 members (excludes halogenated alkanes) is 6. The van der Waals surface area contributed by atoms with Crippen LogP contribution < -0.4 is 4.74 Å². The summed E-state index contributed by atoms with van der Waals surface area (Å²) < 4.78 is 5.77. The van der Waals surface area contributed by atoms with E-state index in [1.165, 1.54) is 78.8 Å². The normalized spacial score (nSPS) is 11.1. The summed E-state index contributed by atoms with van der Waals surface area (Å²) in [7, 11) is 0. The van der Waals surface area contributed by atoms with Gasteiger partial charge in [0.05, 0.1) is 19.0 Å². The molecule has 0 bridgehead atoms. The highest BCUT2D eigenvalue weighted by Crippen LogP contribution is 2.27. The number of fused-ring (bicyclic) bond motifs is 1. The van der Waals surface area contributed by atoms with E-state index in [1.807, 2.05) is 0 Å². The van der Waals surface area contributed by atoms with Crippen LogP contribution in [0.1, 0.15) is 70.8 Å². The van der Waals surface area contributed by atoms with Crippen molar-refractivity contribution >= 4 is 10.8 Å². The van der Waals surface area contributed by atoms with Gasteiger partial charge in [0, 0.05) is 5.56 Å². The molecule has 0 fully saturated rings. The summed E-state index contributed by atoms with van der Waals surface area (Å²) in [6.45, 7) is 5.20. The number of aromatic nitrogens is 2. The predicted molar refractivity (Wildman–Crippen MR) is 148 cm³/mol. The van der Waals surface area contributed by atoms with Crippen LogP contribution in [0.3, 0.4) is 0 Å².